The fraction of sp³-hybridized carbons (Fsp3) is 0.261. The Hall–Kier alpha value is -2.92. The van der Waals surface area contributed by atoms with E-state index in [9.17, 15) is 9.18 Å². The average Bonchev–Trinajstić information content (AvgIpc) is 3.17. The summed E-state index contributed by atoms with van der Waals surface area (Å²) in [6.07, 6.45) is 0.868. The van der Waals surface area contributed by atoms with Gasteiger partial charge in [-0.15, -0.1) is 0 Å². The number of rotatable bonds is 9. The molecule has 5 heteroatoms. The topological polar surface area (TPSA) is 45.5 Å². The van der Waals surface area contributed by atoms with Gasteiger partial charge in [-0.3, -0.25) is 9.69 Å². The zero-order chi connectivity index (χ0) is 19.8. The highest BCUT2D eigenvalue weighted by molar-refractivity contribution is 5.91. The van der Waals surface area contributed by atoms with Crippen molar-refractivity contribution in [3.8, 4) is 0 Å². The van der Waals surface area contributed by atoms with E-state index in [1.807, 2.05) is 43.3 Å². The SMILES string of the molecule is CCCNC(=O)c1ccc(CN(Cc2ccccc2)Cc2ccccc2F)o1. The highest BCUT2D eigenvalue weighted by Crippen LogP contribution is 2.17. The van der Waals surface area contributed by atoms with Crippen LogP contribution >= 0.6 is 0 Å². The minimum absolute atomic E-state index is 0.211. The van der Waals surface area contributed by atoms with Crippen LogP contribution in [0.5, 0.6) is 0 Å². The summed E-state index contributed by atoms with van der Waals surface area (Å²) < 4.78 is 19.9. The van der Waals surface area contributed by atoms with Crippen LogP contribution in [0.2, 0.25) is 0 Å². The largest absolute Gasteiger partial charge is 0.455 e. The second-order valence-corrected chi connectivity index (χ2v) is 6.74. The van der Waals surface area contributed by atoms with E-state index >= 15 is 0 Å². The van der Waals surface area contributed by atoms with Crippen LogP contribution in [0.1, 0.15) is 40.8 Å². The lowest BCUT2D eigenvalue weighted by molar-refractivity contribution is 0.0921. The number of amides is 1. The third-order valence-corrected chi connectivity index (χ3v) is 4.40. The molecule has 0 aliphatic carbocycles. The molecule has 0 spiro atoms. The van der Waals surface area contributed by atoms with Crippen LogP contribution in [0.4, 0.5) is 4.39 Å². The maximum atomic E-state index is 14.2. The summed E-state index contributed by atoms with van der Waals surface area (Å²) in [6.45, 7) is 4.18. The number of halogens is 1. The normalized spacial score (nSPS) is 11.0. The standard InChI is InChI=1S/C23H25FN2O2/c1-2-14-25-23(27)22-13-12-20(28-22)17-26(15-18-8-4-3-5-9-18)16-19-10-6-7-11-21(19)24/h3-13H,2,14-17H2,1H3,(H,25,27). The van der Waals surface area contributed by atoms with Gasteiger partial charge in [0, 0.05) is 25.2 Å². The van der Waals surface area contributed by atoms with Crippen molar-refractivity contribution < 1.29 is 13.6 Å². The Morgan fingerprint density at radius 2 is 1.71 bits per heavy atom. The third-order valence-electron chi connectivity index (χ3n) is 4.40. The first kappa shape index (κ1) is 19.8. The summed E-state index contributed by atoms with van der Waals surface area (Å²) in [5.41, 5.74) is 1.76. The van der Waals surface area contributed by atoms with E-state index in [1.54, 1.807) is 24.3 Å². The highest BCUT2D eigenvalue weighted by Gasteiger charge is 2.15. The van der Waals surface area contributed by atoms with Crippen LogP contribution < -0.4 is 5.32 Å². The van der Waals surface area contributed by atoms with Gasteiger partial charge in [0.05, 0.1) is 6.54 Å². The fourth-order valence-electron chi connectivity index (χ4n) is 3.01. The number of benzene rings is 2. The number of nitrogens with zero attached hydrogens (tertiary/aromatic N) is 1. The van der Waals surface area contributed by atoms with E-state index in [0.717, 1.165) is 12.0 Å². The number of carbonyl (C=O) groups is 1. The van der Waals surface area contributed by atoms with Gasteiger partial charge in [-0.2, -0.15) is 0 Å². The van der Waals surface area contributed by atoms with E-state index < -0.39 is 0 Å². The van der Waals surface area contributed by atoms with E-state index in [0.29, 0.717) is 43.3 Å². The Kier molecular flexibility index (Phi) is 6.98. The molecule has 28 heavy (non-hydrogen) atoms. The van der Waals surface area contributed by atoms with Crippen molar-refractivity contribution in [3.05, 3.63) is 95.2 Å². The first-order chi connectivity index (χ1) is 13.7. The van der Waals surface area contributed by atoms with Gasteiger partial charge in [-0.1, -0.05) is 55.5 Å². The number of hydrogen-bond acceptors (Lipinski definition) is 3. The minimum atomic E-state index is -0.223. The Balaban J connectivity index is 1.74. The lowest BCUT2D eigenvalue weighted by Crippen LogP contribution is -2.24. The van der Waals surface area contributed by atoms with E-state index in [1.165, 1.54) is 6.07 Å². The molecule has 2 aromatic carbocycles. The van der Waals surface area contributed by atoms with Crippen LogP contribution in [-0.4, -0.2) is 17.4 Å². The third kappa shape index (κ3) is 5.54. The zero-order valence-electron chi connectivity index (χ0n) is 16.0. The van der Waals surface area contributed by atoms with Crippen LogP contribution in [0.15, 0.2) is 71.1 Å². The van der Waals surface area contributed by atoms with Crippen molar-refractivity contribution in [2.45, 2.75) is 33.0 Å². The molecule has 0 saturated heterocycles. The Morgan fingerprint density at radius 1 is 0.964 bits per heavy atom. The maximum absolute atomic E-state index is 14.2. The quantitative estimate of drug-likeness (QED) is 0.582. The van der Waals surface area contributed by atoms with Gasteiger partial charge < -0.3 is 9.73 Å². The molecule has 0 bridgehead atoms. The molecule has 0 aliphatic heterocycles. The van der Waals surface area contributed by atoms with Crippen molar-refractivity contribution in [2.24, 2.45) is 0 Å². The summed E-state index contributed by atoms with van der Waals surface area (Å²) in [5, 5.41) is 2.81. The Bertz CT molecular complexity index is 892. The van der Waals surface area contributed by atoms with Gasteiger partial charge in [0.1, 0.15) is 11.6 Å². The smallest absolute Gasteiger partial charge is 0.286 e. The monoisotopic (exact) mass is 380 g/mol. The second-order valence-electron chi connectivity index (χ2n) is 6.74. The Morgan fingerprint density at radius 3 is 2.46 bits per heavy atom. The predicted molar refractivity (Wildman–Crippen MR) is 107 cm³/mol. The van der Waals surface area contributed by atoms with Crippen molar-refractivity contribution in [3.63, 3.8) is 0 Å². The molecule has 0 saturated carbocycles. The number of nitrogens with one attached hydrogen (secondary N) is 1. The average molecular weight is 380 g/mol. The van der Waals surface area contributed by atoms with Gasteiger partial charge in [0.2, 0.25) is 0 Å². The summed E-state index contributed by atoms with van der Waals surface area (Å²) in [6, 6.07) is 20.3. The molecule has 0 fully saturated rings. The molecule has 3 aromatic rings. The van der Waals surface area contributed by atoms with E-state index in [2.05, 4.69) is 10.2 Å². The molecule has 146 valence electrons. The maximum Gasteiger partial charge on any atom is 0.286 e. The molecule has 0 unspecified atom stereocenters. The molecule has 1 aromatic heterocycles. The first-order valence-electron chi connectivity index (χ1n) is 9.52. The molecular formula is C23H25FN2O2. The zero-order valence-corrected chi connectivity index (χ0v) is 16.0. The second kappa shape index (κ2) is 9.85. The minimum Gasteiger partial charge on any atom is -0.455 e. The fourth-order valence-corrected chi connectivity index (χ4v) is 3.01. The predicted octanol–water partition coefficient (Wildman–Crippen LogP) is 4.76. The van der Waals surface area contributed by atoms with Gasteiger partial charge in [0.15, 0.2) is 5.76 Å². The lowest BCUT2D eigenvalue weighted by atomic mass is 10.1. The summed E-state index contributed by atoms with van der Waals surface area (Å²) in [4.78, 5) is 14.2. The number of hydrogen-bond donors (Lipinski definition) is 1. The van der Waals surface area contributed by atoms with Gasteiger partial charge in [-0.25, -0.2) is 4.39 Å². The van der Waals surface area contributed by atoms with Gasteiger partial charge in [-0.05, 0) is 30.2 Å². The number of furan rings is 1. The van der Waals surface area contributed by atoms with E-state index in [4.69, 9.17) is 4.42 Å². The molecule has 1 N–H and O–H groups in total. The van der Waals surface area contributed by atoms with Crippen molar-refractivity contribution in [2.75, 3.05) is 6.54 Å². The van der Waals surface area contributed by atoms with Crippen LogP contribution in [-0.2, 0) is 19.6 Å². The van der Waals surface area contributed by atoms with Gasteiger partial charge in [0.25, 0.3) is 5.91 Å². The van der Waals surface area contributed by atoms with E-state index in [-0.39, 0.29) is 11.7 Å². The summed E-state index contributed by atoms with van der Waals surface area (Å²) in [7, 11) is 0. The summed E-state index contributed by atoms with van der Waals surface area (Å²) >= 11 is 0. The molecule has 4 nitrogen and oxygen atoms in total. The molecule has 0 radical (unpaired) electrons. The molecule has 0 aliphatic rings. The molecule has 1 amide bonds. The van der Waals surface area contributed by atoms with Crippen LogP contribution in [0.3, 0.4) is 0 Å². The molecular weight excluding hydrogens is 355 g/mol. The first-order valence-corrected chi connectivity index (χ1v) is 9.52. The van der Waals surface area contributed by atoms with Crippen molar-refractivity contribution >= 4 is 5.91 Å². The van der Waals surface area contributed by atoms with Crippen LogP contribution in [0.25, 0.3) is 0 Å². The summed E-state index contributed by atoms with van der Waals surface area (Å²) in [5.74, 6) is 0.541. The molecule has 3 rings (SSSR count). The molecule has 0 atom stereocenters. The van der Waals surface area contributed by atoms with Crippen molar-refractivity contribution in [1.29, 1.82) is 0 Å². The lowest BCUT2D eigenvalue weighted by Gasteiger charge is -2.22. The molecule has 1 heterocycles. The van der Waals surface area contributed by atoms with Crippen molar-refractivity contribution in [1.82, 2.24) is 10.2 Å². The highest BCUT2D eigenvalue weighted by atomic mass is 19.1. The van der Waals surface area contributed by atoms with Crippen LogP contribution in [0, 0.1) is 5.82 Å². The number of carbonyl (C=O) groups excluding carboxylic acids is 1. The Labute approximate surface area is 165 Å². The van der Waals surface area contributed by atoms with Gasteiger partial charge >= 0.3 is 0 Å².